The van der Waals surface area contributed by atoms with Crippen molar-refractivity contribution < 1.29 is 33.0 Å². The highest BCUT2D eigenvalue weighted by atomic mass is 127. The van der Waals surface area contributed by atoms with Crippen molar-refractivity contribution >= 4 is 0 Å². The SMILES string of the molecule is Cc1ccccc1-c1nc(-c2cc[n+](C)cc2)c(C)o1.[I-]. The number of rotatable bonds is 2. The summed E-state index contributed by atoms with van der Waals surface area (Å²) >= 11 is 0. The van der Waals surface area contributed by atoms with Crippen LogP contribution in [-0.2, 0) is 7.05 Å². The molecule has 0 fully saturated rings. The third-order valence-corrected chi connectivity index (χ3v) is 3.42. The van der Waals surface area contributed by atoms with Crippen LogP contribution >= 0.6 is 0 Å². The Kier molecular flexibility index (Phi) is 4.77. The second kappa shape index (κ2) is 6.39. The third kappa shape index (κ3) is 3.15. The lowest BCUT2D eigenvalue weighted by atomic mass is 10.1. The van der Waals surface area contributed by atoms with Gasteiger partial charge < -0.3 is 28.4 Å². The molecule has 1 aromatic carbocycles. The van der Waals surface area contributed by atoms with E-state index in [-0.39, 0.29) is 24.0 Å². The van der Waals surface area contributed by atoms with Gasteiger partial charge in [-0.2, -0.15) is 0 Å². The standard InChI is InChI=1S/C17H17N2O.HI/c1-12-6-4-5-7-15(12)17-18-16(13(2)20-17)14-8-10-19(3)11-9-14;/h4-11H,1-3H3;1H/q+1;/p-1. The topological polar surface area (TPSA) is 29.9 Å². The molecule has 0 bridgehead atoms. The van der Waals surface area contributed by atoms with Gasteiger partial charge in [-0.25, -0.2) is 9.55 Å². The predicted molar refractivity (Wildman–Crippen MR) is 78.0 cm³/mol. The molecule has 0 unspecified atom stereocenters. The normalized spacial score (nSPS) is 10.2. The van der Waals surface area contributed by atoms with E-state index in [0.29, 0.717) is 5.89 Å². The minimum absolute atomic E-state index is 0. The van der Waals surface area contributed by atoms with Crippen LogP contribution in [0.3, 0.4) is 0 Å². The molecule has 0 amide bonds. The summed E-state index contributed by atoms with van der Waals surface area (Å²) < 4.78 is 7.85. The Hall–Kier alpha value is -1.69. The van der Waals surface area contributed by atoms with Crippen LogP contribution in [0.2, 0.25) is 0 Å². The molecule has 3 rings (SSSR count). The Balaban J connectivity index is 0.00000161. The van der Waals surface area contributed by atoms with Crippen LogP contribution in [0.5, 0.6) is 0 Å². The lowest BCUT2D eigenvalue weighted by molar-refractivity contribution is -0.671. The fraction of sp³-hybridized carbons (Fsp3) is 0.176. The first-order valence-corrected chi connectivity index (χ1v) is 6.64. The Labute approximate surface area is 141 Å². The fourth-order valence-corrected chi connectivity index (χ4v) is 2.25. The first-order chi connectivity index (χ1) is 9.65. The van der Waals surface area contributed by atoms with Crippen molar-refractivity contribution in [2.45, 2.75) is 13.8 Å². The molecule has 0 aliphatic carbocycles. The van der Waals surface area contributed by atoms with Gasteiger partial charge in [-0.15, -0.1) is 0 Å². The second-order valence-corrected chi connectivity index (χ2v) is 4.99. The van der Waals surface area contributed by atoms with Gasteiger partial charge in [-0.3, -0.25) is 0 Å². The average molecular weight is 392 g/mol. The largest absolute Gasteiger partial charge is 1.00 e. The maximum atomic E-state index is 5.85. The van der Waals surface area contributed by atoms with Crippen LogP contribution in [0.1, 0.15) is 11.3 Å². The van der Waals surface area contributed by atoms with E-state index in [2.05, 4.69) is 18.0 Å². The molecule has 2 aromatic heterocycles. The molecule has 0 N–H and O–H groups in total. The molecular formula is C17H17IN2O. The molecule has 0 spiro atoms. The number of halogens is 1. The van der Waals surface area contributed by atoms with E-state index in [0.717, 1.165) is 22.6 Å². The van der Waals surface area contributed by atoms with Gasteiger partial charge in [0.25, 0.3) is 0 Å². The Bertz CT molecular complexity index is 748. The van der Waals surface area contributed by atoms with Crippen molar-refractivity contribution in [2.75, 3.05) is 0 Å². The summed E-state index contributed by atoms with van der Waals surface area (Å²) in [6.07, 6.45) is 4.02. The molecule has 21 heavy (non-hydrogen) atoms. The zero-order chi connectivity index (χ0) is 14.1. The van der Waals surface area contributed by atoms with Crippen molar-refractivity contribution in [3.63, 3.8) is 0 Å². The Morgan fingerprint density at radius 3 is 2.33 bits per heavy atom. The molecule has 0 aliphatic heterocycles. The average Bonchev–Trinajstić information content (AvgIpc) is 2.82. The van der Waals surface area contributed by atoms with E-state index in [1.807, 2.05) is 61.3 Å². The fourth-order valence-electron chi connectivity index (χ4n) is 2.25. The second-order valence-electron chi connectivity index (χ2n) is 4.99. The van der Waals surface area contributed by atoms with E-state index < -0.39 is 0 Å². The minimum atomic E-state index is 0. The van der Waals surface area contributed by atoms with Gasteiger partial charge in [-0.1, -0.05) is 18.2 Å². The molecular weight excluding hydrogens is 375 g/mol. The van der Waals surface area contributed by atoms with Crippen molar-refractivity contribution in [3.05, 3.63) is 60.1 Å². The van der Waals surface area contributed by atoms with Gasteiger partial charge in [0.2, 0.25) is 5.89 Å². The van der Waals surface area contributed by atoms with E-state index in [1.165, 1.54) is 5.56 Å². The summed E-state index contributed by atoms with van der Waals surface area (Å²) in [5, 5.41) is 0. The number of aromatic nitrogens is 2. The highest BCUT2D eigenvalue weighted by Crippen LogP contribution is 2.29. The molecule has 3 aromatic rings. The Morgan fingerprint density at radius 2 is 1.67 bits per heavy atom. The van der Waals surface area contributed by atoms with E-state index in [4.69, 9.17) is 4.42 Å². The third-order valence-electron chi connectivity index (χ3n) is 3.42. The van der Waals surface area contributed by atoms with E-state index >= 15 is 0 Å². The van der Waals surface area contributed by atoms with Crippen LogP contribution in [0.15, 0.2) is 53.2 Å². The number of nitrogens with zero attached hydrogens (tertiary/aromatic N) is 2. The number of oxazole rings is 1. The van der Waals surface area contributed by atoms with Crippen molar-refractivity contribution in [1.29, 1.82) is 0 Å². The quantitative estimate of drug-likeness (QED) is 0.469. The van der Waals surface area contributed by atoms with Crippen molar-refractivity contribution in [3.8, 4) is 22.7 Å². The molecule has 0 radical (unpaired) electrons. The molecule has 0 aliphatic rings. The smallest absolute Gasteiger partial charge is 0.227 e. The summed E-state index contributed by atoms with van der Waals surface area (Å²) in [6.45, 7) is 4.02. The van der Waals surface area contributed by atoms with Crippen LogP contribution in [0.4, 0.5) is 0 Å². The van der Waals surface area contributed by atoms with Crippen molar-refractivity contribution in [1.82, 2.24) is 4.98 Å². The minimum Gasteiger partial charge on any atom is -1.00 e. The number of benzene rings is 1. The first-order valence-electron chi connectivity index (χ1n) is 6.64. The highest BCUT2D eigenvalue weighted by molar-refractivity contribution is 5.66. The summed E-state index contributed by atoms with van der Waals surface area (Å²) in [5.41, 5.74) is 4.19. The molecule has 0 saturated heterocycles. The van der Waals surface area contributed by atoms with Gasteiger partial charge >= 0.3 is 0 Å². The lowest BCUT2D eigenvalue weighted by Gasteiger charge is -1.99. The molecule has 0 saturated carbocycles. The summed E-state index contributed by atoms with van der Waals surface area (Å²) in [6, 6.07) is 12.2. The number of aryl methyl sites for hydroxylation is 3. The summed E-state index contributed by atoms with van der Waals surface area (Å²) in [4.78, 5) is 4.66. The van der Waals surface area contributed by atoms with Crippen LogP contribution < -0.4 is 28.5 Å². The first kappa shape index (κ1) is 15.7. The monoisotopic (exact) mass is 392 g/mol. The molecule has 2 heterocycles. The predicted octanol–water partition coefficient (Wildman–Crippen LogP) is 0.454. The molecule has 108 valence electrons. The number of hydrogen-bond acceptors (Lipinski definition) is 2. The summed E-state index contributed by atoms with van der Waals surface area (Å²) in [7, 11) is 2.00. The Morgan fingerprint density at radius 1 is 1.00 bits per heavy atom. The van der Waals surface area contributed by atoms with Gasteiger partial charge in [0.1, 0.15) is 18.5 Å². The van der Waals surface area contributed by atoms with Gasteiger partial charge in [0.15, 0.2) is 12.4 Å². The zero-order valence-corrected chi connectivity index (χ0v) is 14.5. The van der Waals surface area contributed by atoms with Crippen LogP contribution in [0.25, 0.3) is 22.7 Å². The molecule has 0 atom stereocenters. The van der Waals surface area contributed by atoms with Crippen LogP contribution in [0, 0.1) is 13.8 Å². The maximum absolute atomic E-state index is 5.85. The van der Waals surface area contributed by atoms with Crippen molar-refractivity contribution in [2.24, 2.45) is 7.05 Å². The highest BCUT2D eigenvalue weighted by Gasteiger charge is 2.14. The van der Waals surface area contributed by atoms with E-state index in [9.17, 15) is 0 Å². The number of pyridine rings is 1. The zero-order valence-electron chi connectivity index (χ0n) is 12.3. The molecule has 4 heteroatoms. The summed E-state index contributed by atoms with van der Waals surface area (Å²) in [5.74, 6) is 1.53. The van der Waals surface area contributed by atoms with E-state index in [1.54, 1.807) is 0 Å². The number of hydrogen-bond donors (Lipinski definition) is 0. The maximum Gasteiger partial charge on any atom is 0.227 e. The van der Waals surface area contributed by atoms with Gasteiger partial charge in [0, 0.05) is 23.3 Å². The lowest BCUT2D eigenvalue weighted by Crippen LogP contribution is -3.00. The van der Waals surface area contributed by atoms with Gasteiger partial charge in [0.05, 0.1) is 0 Å². The van der Waals surface area contributed by atoms with Crippen LogP contribution in [-0.4, -0.2) is 4.98 Å². The van der Waals surface area contributed by atoms with Gasteiger partial charge in [-0.05, 0) is 25.5 Å². The molecule has 3 nitrogen and oxygen atoms in total.